The third-order valence-electron chi connectivity index (χ3n) is 3.17. The molecule has 0 spiro atoms. The SMILES string of the molecule is CC(N)C(OCc1ccc2c(c1)OCO2)c1cccs1. The van der Waals surface area contributed by atoms with E-state index in [-0.39, 0.29) is 18.9 Å². The van der Waals surface area contributed by atoms with Crippen molar-refractivity contribution in [3.8, 4) is 11.5 Å². The van der Waals surface area contributed by atoms with Gasteiger partial charge in [0.05, 0.1) is 6.61 Å². The molecule has 0 bridgehead atoms. The molecule has 1 aromatic carbocycles. The van der Waals surface area contributed by atoms with E-state index in [2.05, 4.69) is 6.07 Å². The number of hydrogen-bond donors (Lipinski definition) is 1. The van der Waals surface area contributed by atoms with Crippen molar-refractivity contribution >= 4 is 11.3 Å². The van der Waals surface area contributed by atoms with Gasteiger partial charge in [0.25, 0.3) is 0 Å². The number of nitrogens with two attached hydrogens (primary N) is 1. The van der Waals surface area contributed by atoms with Gasteiger partial charge in [0.2, 0.25) is 6.79 Å². The van der Waals surface area contributed by atoms with Crippen LogP contribution in [0.2, 0.25) is 0 Å². The van der Waals surface area contributed by atoms with Gasteiger partial charge in [0.1, 0.15) is 6.10 Å². The van der Waals surface area contributed by atoms with Crippen LogP contribution in [0.15, 0.2) is 35.7 Å². The molecule has 2 N–H and O–H groups in total. The average molecular weight is 291 g/mol. The van der Waals surface area contributed by atoms with Crippen LogP contribution < -0.4 is 15.2 Å². The van der Waals surface area contributed by atoms with Gasteiger partial charge < -0.3 is 19.9 Å². The molecule has 2 unspecified atom stereocenters. The maximum Gasteiger partial charge on any atom is 0.231 e. The topological polar surface area (TPSA) is 53.7 Å². The minimum absolute atomic E-state index is 0.0531. The summed E-state index contributed by atoms with van der Waals surface area (Å²) in [6.07, 6.45) is -0.0829. The summed E-state index contributed by atoms with van der Waals surface area (Å²) in [5, 5.41) is 2.04. The molecule has 2 aromatic rings. The summed E-state index contributed by atoms with van der Waals surface area (Å²) in [5.74, 6) is 1.57. The highest BCUT2D eigenvalue weighted by molar-refractivity contribution is 7.10. The van der Waals surface area contributed by atoms with E-state index in [0.29, 0.717) is 6.61 Å². The predicted molar refractivity (Wildman–Crippen MR) is 78.1 cm³/mol. The highest BCUT2D eigenvalue weighted by atomic mass is 32.1. The highest BCUT2D eigenvalue weighted by Gasteiger charge is 2.19. The van der Waals surface area contributed by atoms with Crippen molar-refractivity contribution < 1.29 is 14.2 Å². The fourth-order valence-corrected chi connectivity index (χ4v) is 3.05. The van der Waals surface area contributed by atoms with Crippen LogP contribution in [0.3, 0.4) is 0 Å². The van der Waals surface area contributed by atoms with E-state index in [0.717, 1.165) is 21.9 Å². The van der Waals surface area contributed by atoms with Gasteiger partial charge in [-0.1, -0.05) is 12.1 Å². The van der Waals surface area contributed by atoms with Gasteiger partial charge in [0.15, 0.2) is 11.5 Å². The van der Waals surface area contributed by atoms with Gasteiger partial charge in [-0.05, 0) is 36.1 Å². The summed E-state index contributed by atoms with van der Waals surface area (Å²) in [6.45, 7) is 2.75. The van der Waals surface area contributed by atoms with Crippen LogP contribution in [-0.4, -0.2) is 12.8 Å². The lowest BCUT2D eigenvalue weighted by molar-refractivity contribution is 0.0282. The minimum atomic E-state index is -0.0829. The predicted octanol–water partition coefficient (Wildman–Crippen LogP) is 3.08. The molecule has 0 saturated heterocycles. The largest absolute Gasteiger partial charge is 0.454 e. The van der Waals surface area contributed by atoms with Crippen molar-refractivity contribution in [3.05, 3.63) is 46.2 Å². The molecule has 0 saturated carbocycles. The molecule has 2 atom stereocenters. The number of fused-ring (bicyclic) bond motifs is 1. The van der Waals surface area contributed by atoms with Crippen molar-refractivity contribution in [3.63, 3.8) is 0 Å². The first-order valence-corrected chi connectivity index (χ1v) is 7.41. The van der Waals surface area contributed by atoms with Crippen LogP contribution >= 0.6 is 11.3 Å². The third-order valence-corrected chi connectivity index (χ3v) is 4.10. The van der Waals surface area contributed by atoms with Gasteiger partial charge in [-0.15, -0.1) is 11.3 Å². The number of ether oxygens (including phenoxy) is 3. The Morgan fingerprint density at radius 1 is 1.30 bits per heavy atom. The lowest BCUT2D eigenvalue weighted by atomic mass is 10.1. The summed E-state index contributed by atoms with van der Waals surface area (Å²) in [4.78, 5) is 1.15. The van der Waals surface area contributed by atoms with Crippen molar-refractivity contribution in [1.29, 1.82) is 0 Å². The summed E-state index contributed by atoms with van der Waals surface area (Å²) < 4.78 is 16.6. The van der Waals surface area contributed by atoms with Crippen LogP contribution in [-0.2, 0) is 11.3 Å². The molecule has 3 rings (SSSR count). The van der Waals surface area contributed by atoms with Crippen molar-refractivity contribution in [2.45, 2.75) is 25.7 Å². The zero-order chi connectivity index (χ0) is 13.9. The molecular weight excluding hydrogens is 274 g/mol. The van der Waals surface area contributed by atoms with E-state index in [1.165, 1.54) is 0 Å². The monoisotopic (exact) mass is 291 g/mol. The maximum absolute atomic E-state index is 6.02. The molecule has 0 fully saturated rings. The molecule has 1 aliphatic rings. The highest BCUT2D eigenvalue weighted by Crippen LogP contribution is 2.33. The normalized spacial score (nSPS) is 16.1. The summed E-state index contributed by atoms with van der Waals surface area (Å²) in [5.41, 5.74) is 7.07. The second-order valence-electron chi connectivity index (χ2n) is 4.79. The number of hydrogen-bond acceptors (Lipinski definition) is 5. The number of thiophene rings is 1. The molecule has 0 aliphatic carbocycles. The zero-order valence-corrected chi connectivity index (χ0v) is 12.1. The molecule has 20 heavy (non-hydrogen) atoms. The van der Waals surface area contributed by atoms with Gasteiger partial charge >= 0.3 is 0 Å². The Labute approximate surface area is 122 Å². The van der Waals surface area contributed by atoms with Crippen molar-refractivity contribution in [1.82, 2.24) is 0 Å². The Bertz CT molecular complexity index is 569. The molecular formula is C15H17NO3S. The summed E-state index contributed by atoms with van der Waals surface area (Å²) in [6, 6.07) is 9.86. The molecule has 2 heterocycles. The fraction of sp³-hybridized carbons (Fsp3) is 0.333. The molecule has 4 nitrogen and oxygen atoms in total. The van der Waals surface area contributed by atoms with E-state index >= 15 is 0 Å². The lowest BCUT2D eigenvalue weighted by Crippen LogP contribution is -2.26. The second-order valence-corrected chi connectivity index (χ2v) is 5.77. The van der Waals surface area contributed by atoms with E-state index in [4.69, 9.17) is 19.9 Å². The molecule has 1 aromatic heterocycles. The lowest BCUT2D eigenvalue weighted by Gasteiger charge is -2.20. The smallest absolute Gasteiger partial charge is 0.231 e. The molecule has 106 valence electrons. The first kappa shape index (κ1) is 13.4. The van der Waals surface area contributed by atoms with E-state index in [9.17, 15) is 0 Å². The molecule has 0 radical (unpaired) electrons. The first-order chi connectivity index (χ1) is 9.74. The van der Waals surface area contributed by atoms with Crippen molar-refractivity contribution in [2.75, 3.05) is 6.79 Å². The molecule has 5 heteroatoms. The quantitative estimate of drug-likeness (QED) is 0.919. The average Bonchev–Trinajstić information content (AvgIpc) is 3.08. The van der Waals surface area contributed by atoms with Crippen LogP contribution in [0.1, 0.15) is 23.5 Å². The van der Waals surface area contributed by atoms with Gasteiger partial charge in [-0.3, -0.25) is 0 Å². The zero-order valence-electron chi connectivity index (χ0n) is 11.2. The summed E-state index contributed by atoms with van der Waals surface area (Å²) in [7, 11) is 0. The Balaban J connectivity index is 1.68. The number of benzene rings is 1. The Morgan fingerprint density at radius 3 is 2.90 bits per heavy atom. The molecule has 0 amide bonds. The van der Waals surface area contributed by atoms with E-state index in [1.54, 1.807) is 11.3 Å². The van der Waals surface area contributed by atoms with Crippen LogP contribution in [0.5, 0.6) is 11.5 Å². The standard InChI is InChI=1S/C15H17NO3S/c1-10(16)15(14-3-2-6-20-14)17-8-11-4-5-12-13(7-11)19-9-18-12/h2-7,10,15H,8-9,16H2,1H3. The molecule has 1 aliphatic heterocycles. The van der Waals surface area contributed by atoms with E-state index in [1.807, 2.05) is 36.6 Å². The Morgan fingerprint density at radius 2 is 2.15 bits per heavy atom. The Hall–Kier alpha value is -1.56. The van der Waals surface area contributed by atoms with Gasteiger partial charge in [0, 0.05) is 10.9 Å². The first-order valence-electron chi connectivity index (χ1n) is 6.53. The van der Waals surface area contributed by atoms with Crippen LogP contribution in [0.4, 0.5) is 0 Å². The Kier molecular flexibility index (Phi) is 3.91. The maximum atomic E-state index is 6.02. The fourth-order valence-electron chi connectivity index (χ4n) is 2.16. The third kappa shape index (κ3) is 2.80. The minimum Gasteiger partial charge on any atom is -0.454 e. The second kappa shape index (κ2) is 5.83. The van der Waals surface area contributed by atoms with Crippen LogP contribution in [0.25, 0.3) is 0 Å². The van der Waals surface area contributed by atoms with Gasteiger partial charge in [-0.2, -0.15) is 0 Å². The van der Waals surface area contributed by atoms with Crippen molar-refractivity contribution in [2.24, 2.45) is 5.73 Å². The number of rotatable bonds is 5. The van der Waals surface area contributed by atoms with Gasteiger partial charge in [-0.25, -0.2) is 0 Å². The van der Waals surface area contributed by atoms with Crippen LogP contribution in [0, 0.1) is 0 Å². The summed E-state index contributed by atoms with van der Waals surface area (Å²) >= 11 is 1.66. The van der Waals surface area contributed by atoms with E-state index < -0.39 is 0 Å².